The molecule has 0 fully saturated rings. The van der Waals surface area contributed by atoms with Gasteiger partial charge < -0.3 is 24.3 Å². The summed E-state index contributed by atoms with van der Waals surface area (Å²) in [5, 5.41) is 14.4. The van der Waals surface area contributed by atoms with Gasteiger partial charge in [0.15, 0.2) is 11.5 Å². The number of nitrogens with one attached hydrogen (secondary N) is 1. The van der Waals surface area contributed by atoms with Crippen LogP contribution in [-0.2, 0) is 5.60 Å². The standard InChI is InChI=1S/C20H21NO5/c1-20(23,17-11-13-7-4-5-9-15(13)26-17)12-21-19(22)14-8-6-10-16(24-2)18(14)25-3/h4-11,23H,12H2,1-3H3,(H,21,22). The van der Waals surface area contributed by atoms with Gasteiger partial charge in [0.1, 0.15) is 16.9 Å². The summed E-state index contributed by atoms with van der Waals surface area (Å²) in [6, 6.07) is 14.3. The highest BCUT2D eigenvalue weighted by Gasteiger charge is 2.29. The first-order valence-corrected chi connectivity index (χ1v) is 8.17. The van der Waals surface area contributed by atoms with Crippen molar-refractivity contribution in [3.05, 3.63) is 59.9 Å². The average molecular weight is 355 g/mol. The van der Waals surface area contributed by atoms with Crippen molar-refractivity contribution in [2.75, 3.05) is 20.8 Å². The molecular formula is C20H21NO5. The molecule has 0 aliphatic heterocycles. The van der Waals surface area contributed by atoms with Crippen molar-refractivity contribution in [3.63, 3.8) is 0 Å². The van der Waals surface area contributed by atoms with Crippen molar-refractivity contribution in [1.82, 2.24) is 5.32 Å². The van der Waals surface area contributed by atoms with Crippen LogP contribution in [0, 0.1) is 0 Å². The van der Waals surface area contributed by atoms with Gasteiger partial charge in [0.25, 0.3) is 5.91 Å². The Bertz CT molecular complexity index is 896. The Morgan fingerprint density at radius 3 is 2.62 bits per heavy atom. The summed E-state index contributed by atoms with van der Waals surface area (Å²) in [6.07, 6.45) is 0. The predicted molar refractivity (Wildman–Crippen MR) is 97.7 cm³/mol. The van der Waals surface area contributed by atoms with Crippen molar-refractivity contribution >= 4 is 16.9 Å². The number of fused-ring (bicyclic) bond motifs is 1. The highest BCUT2D eigenvalue weighted by molar-refractivity contribution is 5.97. The highest BCUT2D eigenvalue weighted by Crippen LogP contribution is 2.31. The second-order valence-electron chi connectivity index (χ2n) is 6.15. The molecule has 1 amide bonds. The molecule has 0 saturated heterocycles. The van der Waals surface area contributed by atoms with Gasteiger partial charge in [-0.15, -0.1) is 0 Å². The van der Waals surface area contributed by atoms with Gasteiger partial charge in [-0.1, -0.05) is 24.3 Å². The average Bonchev–Trinajstić information content (AvgIpc) is 3.10. The third-order valence-electron chi connectivity index (χ3n) is 4.20. The van der Waals surface area contributed by atoms with E-state index in [1.807, 2.05) is 24.3 Å². The Morgan fingerprint density at radius 1 is 1.15 bits per heavy atom. The van der Waals surface area contributed by atoms with Gasteiger partial charge >= 0.3 is 0 Å². The van der Waals surface area contributed by atoms with Crippen molar-refractivity contribution in [1.29, 1.82) is 0 Å². The van der Waals surface area contributed by atoms with Crippen LogP contribution in [0.4, 0.5) is 0 Å². The third-order valence-corrected chi connectivity index (χ3v) is 4.20. The summed E-state index contributed by atoms with van der Waals surface area (Å²) in [4.78, 5) is 12.6. The SMILES string of the molecule is COc1cccc(C(=O)NCC(C)(O)c2cc3ccccc3o2)c1OC. The maximum absolute atomic E-state index is 12.6. The van der Waals surface area contributed by atoms with E-state index in [9.17, 15) is 9.90 Å². The summed E-state index contributed by atoms with van der Waals surface area (Å²) < 4.78 is 16.2. The molecule has 0 radical (unpaired) electrons. The molecule has 0 saturated carbocycles. The molecule has 1 atom stereocenters. The van der Waals surface area contributed by atoms with Crippen LogP contribution < -0.4 is 14.8 Å². The monoisotopic (exact) mass is 355 g/mol. The predicted octanol–water partition coefficient (Wildman–Crippen LogP) is 3.09. The van der Waals surface area contributed by atoms with Crippen molar-refractivity contribution in [2.45, 2.75) is 12.5 Å². The Hall–Kier alpha value is -2.99. The molecule has 2 aromatic carbocycles. The number of ether oxygens (including phenoxy) is 2. The Balaban J connectivity index is 1.78. The summed E-state index contributed by atoms with van der Waals surface area (Å²) in [7, 11) is 2.98. The summed E-state index contributed by atoms with van der Waals surface area (Å²) >= 11 is 0. The maximum atomic E-state index is 12.6. The Kier molecular flexibility index (Phi) is 4.86. The van der Waals surface area contributed by atoms with Gasteiger partial charge in [0, 0.05) is 5.39 Å². The number of carbonyl (C=O) groups excluding carboxylic acids is 1. The minimum Gasteiger partial charge on any atom is -0.493 e. The summed E-state index contributed by atoms with van der Waals surface area (Å²) in [5.74, 6) is 0.814. The molecule has 0 spiro atoms. The minimum atomic E-state index is -1.36. The summed E-state index contributed by atoms with van der Waals surface area (Å²) in [6.45, 7) is 1.57. The Morgan fingerprint density at radius 2 is 1.92 bits per heavy atom. The van der Waals surface area contributed by atoms with E-state index in [0.29, 0.717) is 28.4 Å². The van der Waals surface area contributed by atoms with E-state index in [4.69, 9.17) is 13.9 Å². The molecule has 1 unspecified atom stereocenters. The van der Waals surface area contributed by atoms with Gasteiger partial charge in [-0.2, -0.15) is 0 Å². The van der Waals surface area contributed by atoms with Crippen LogP contribution >= 0.6 is 0 Å². The fraction of sp³-hybridized carbons (Fsp3) is 0.250. The first-order chi connectivity index (χ1) is 12.5. The lowest BCUT2D eigenvalue weighted by atomic mass is 10.0. The lowest BCUT2D eigenvalue weighted by Gasteiger charge is -2.21. The zero-order valence-electron chi connectivity index (χ0n) is 14.9. The van der Waals surface area contributed by atoms with Gasteiger partial charge in [-0.3, -0.25) is 4.79 Å². The topological polar surface area (TPSA) is 80.9 Å². The molecule has 1 heterocycles. The minimum absolute atomic E-state index is 0.0218. The quantitative estimate of drug-likeness (QED) is 0.710. The fourth-order valence-corrected chi connectivity index (χ4v) is 2.75. The zero-order valence-corrected chi connectivity index (χ0v) is 14.9. The molecule has 6 heteroatoms. The molecule has 0 bridgehead atoms. The van der Waals surface area contributed by atoms with Crippen LogP contribution in [0.25, 0.3) is 11.0 Å². The van der Waals surface area contributed by atoms with E-state index in [2.05, 4.69) is 5.32 Å². The molecular weight excluding hydrogens is 334 g/mol. The highest BCUT2D eigenvalue weighted by atomic mass is 16.5. The Labute approximate surface area is 151 Å². The molecule has 26 heavy (non-hydrogen) atoms. The molecule has 3 aromatic rings. The van der Waals surface area contributed by atoms with Crippen LogP contribution in [0.5, 0.6) is 11.5 Å². The van der Waals surface area contributed by atoms with Crippen LogP contribution in [0.15, 0.2) is 52.9 Å². The summed E-state index contributed by atoms with van der Waals surface area (Å²) in [5.41, 5.74) is -0.350. The van der Waals surface area contributed by atoms with Crippen molar-refractivity contribution < 1.29 is 23.8 Å². The number of carbonyl (C=O) groups is 1. The number of hydrogen-bond acceptors (Lipinski definition) is 5. The number of methoxy groups -OCH3 is 2. The van der Waals surface area contributed by atoms with E-state index in [1.54, 1.807) is 31.2 Å². The smallest absolute Gasteiger partial charge is 0.255 e. The molecule has 6 nitrogen and oxygen atoms in total. The van der Waals surface area contributed by atoms with Crippen LogP contribution in [0.2, 0.25) is 0 Å². The molecule has 1 aromatic heterocycles. The van der Waals surface area contributed by atoms with Crippen molar-refractivity contribution in [3.8, 4) is 11.5 Å². The van der Waals surface area contributed by atoms with Crippen LogP contribution in [-0.4, -0.2) is 31.8 Å². The fourth-order valence-electron chi connectivity index (χ4n) is 2.75. The second kappa shape index (κ2) is 7.09. The maximum Gasteiger partial charge on any atom is 0.255 e. The molecule has 2 N–H and O–H groups in total. The normalized spacial score (nSPS) is 13.2. The number of furan rings is 1. The molecule has 136 valence electrons. The largest absolute Gasteiger partial charge is 0.493 e. The zero-order chi connectivity index (χ0) is 18.7. The number of para-hydroxylation sites is 2. The number of hydrogen-bond donors (Lipinski definition) is 2. The van der Waals surface area contributed by atoms with Gasteiger partial charge in [0.2, 0.25) is 0 Å². The molecule has 3 rings (SSSR count). The van der Waals surface area contributed by atoms with E-state index < -0.39 is 5.60 Å². The number of amides is 1. The second-order valence-corrected chi connectivity index (χ2v) is 6.15. The molecule has 0 aliphatic carbocycles. The van der Waals surface area contributed by atoms with E-state index in [-0.39, 0.29) is 12.5 Å². The first-order valence-electron chi connectivity index (χ1n) is 8.17. The first kappa shape index (κ1) is 17.8. The van der Waals surface area contributed by atoms with Gasteiger partial charge in [0.05, 0.1) is 26.3 Å². The lowest BCUT2D eigenvalue weighted by molar-refractivity contribution is 0.0344. The van der Waals surface area contributed by atoms with E-state index >= 15 is 0 Å². The van der Waals surface area contributed by atoms with E-state index in [0.717, 1.165) is 5.39 Å². The molecule has 0 aliphatic rings. The lowest BCUT2D eigenvalue weighted by Crippen LogP contribution is -2.38. The number of benzene rings is 2. The van der Waals surface area contributed by atoms with Crippen LogP contribution in [0.1, 0.15) is 23.0 Å². The third kappa shape index (κ3) is 3.36. The van der Waals surface area contributed by atoms with Crippen LogP contribution in [0.3, 0.4) is 0 Å². The number of rotatable bonds is 6. The van der Waals surface area contributed by atoms with Gasteiger partial charge in [-0.25, -0.2) is 0 Å². The van der Waals surface area contributed by atoms with E-state index in [1.165, 1.54) is 14.2 Å². The van der Waals surface area contributed by atoms with Gasteiger partial charge in [-0.05, 0) is 31.2 Å². The van der Waals surface area contributed by atoms with Crippen molar-refractivity contribution in [2.24, 2.45) is 0 Å². The number of aliphatic hydroxyl groups is 1.